The molecule has 1 N–H and O–H groups in total. The zero-order chi connectivity index (χ0) is 37.9. The molecular weight excluding hydrogens is 772 g/mol. The van der Waals surface area contributed by atoms with Gasteiger partial charge in [-0.1, -0.05) is 52.3 Å². The second-order valence-corrected chi connectivity index (χ2v) is 15.0. The molecule has 0 radical (unpaired) electrons. The van der Waals surface area contributed by atoms with Gasteiger partial charge in [0.15, 0.2) is 0 Å². The van der Waals surface area contributed by atoms with Gasteiger partial charge in [-0.3, -0.25) is 9.67 Å². The second-order valence-electron chi connectivity index (χ2n) is 13.8. The number of pyridine rings is 1. The topological polar surface area (TPSA) is 147 Å². The van der Waals surface area contributed by atoms with Crippen LogP contribution in [-0.4, -0.2) is 57.9 Å². The highest BCUT2D eigenvalue weighted by molar-refractivity contribution is 9.10. The molecule has 1 aliphatic rings. The fourth-order valence-electron chi connectivity index (χ4n) is 6.68. The standard InChI is InChI=1S/C40H42BrClN8O4/c1-40(26-47-51,27-48-52)45-22-31-17-35(42)38(18-37(31)53-24-29-16-28(19-43)20-44-21-29)54-25-30-8-6-10-33(39(30)41)32-9-7-11-36-34(32)23-46-50(36)15-5-4-14-49-12-2-3-13-49/h6-11,16-18,20-21,23,45H,2-5,12-15,22,24-27H2,1H3. The predicted molar refractivity (Wildman–Crippen MR) is 213 cm³/mol. The first-order valence-corrected chi connectivity index (χ1v) is 19.2. The smallest absolute Gasteiger partial charge is 0.142 e. The number of aryl methyl sites for hydroxylation is 1. The molecule has 12 nitrogen and oxygen atoms in total. The molecule has 1 saturated heterocycles. The molecule has 0 spiro atoms. The average Bonchev–Trinajstić information content (AvgIpc) is 3.86. The van der Waals surface area contributed by atoms with Crippen LogP contribution in [0.1, 0.15) is 54.9 Å². The quantitative estimate of drug-likeness (QED) is 0.0638. The fraction of sp³-hybridized carbons (Fsp3) is 0.375. The summed E-state index contributed by atoms with van der Waals surface area (Å²) < 4.78 is 15.6. The zero-order valence-electron chi connectivity index (χ0n) is 30.1. The van der Waals surface area contributed by atoms with Crippen molar-refractivity contribution in [2.24, 2.45) is 10.4 Å². The molecule has 280 valence electrons. The molecule has 0 amide bonds. The van der Waals surface area contributed by atoms with Crippen molar-refractivity contribution in [2.75, 3.05) is 32.7 Å². The van der Waals surface area contributed by atoms with Crippen molar-refractivity contribution >= 4 is 38.4 Å². The van der Waals surface area contributed by atoms with E-state index in [1.807, 2.05) is 18.3 Å². The van der Waals surface area contributed by atoms with Crippen molar-refractivity contribution in [3.63, 3.8) is 0 Å². The number of ether oxygens (including phenoxy) is 2. The highest BCUT2D eigenvalue weighted by Crippen LogP contribution is 2.38. The van der Waals surface area contributed by atoms with Gasteiger partial charge in [-0.2, -0.15) is 20.2 Å². The van der Waals surface area contributed by atoms with E-state index in [0.717, 1.165) is 58.0 Å². The third kappa shape index (κ3) is 9.67. The number of nitrogens with zero attached hydrogens (tertiary/aromatic N) is 7. The van der Waals surface area contributed by atoms with E-state index in [4.69, 9.17) is 26.2 Å². The number of hydrogen-bond acceptors (Lipinski definition) is 11. The summed E-state index contributed by atoms with van der Waals surface area (Å²) in [6.45, 7) is 6.40. The highest BCUT2D eigenvalue weighted by Gasteiger charge is 2.26. The Hall–Kier alpha value is -4.74. The Bertz CT molecular complexity index is 2120. The summed E-state index contributed by atoms with van der Waals surface area (Å²) in [5.41, 5.74) is 4.94. The van der Waals surface area contributed by atoms with E-state index in [1.54, 1.807) is 31.3 Å². The van der Waals surface area contributed by atoms with Crippen molar-refractivity contribution in [3.05, 3.63) is 115 Å². The maximum atomic E-state index is 11.1. The molecule has 0 saturated carbocycles. The average molecular weight is 814 g/mol. The first kappa shape index (κ1) is 39.0. The van der Waals surface area contributed by atoms with Gasteiger partial charge in [0, 0.05) is 58.1 Å². The van der Waals surface area contributed by atoms with Crippen LogP contribution in [0.25, 0.3) is 22.0 Å². The first-order chi connectivity index (χ1) is 26.3. The number of unbranched alkanes of at least 4 members (excludes halogenated alkanes) is 1. The molecule has 54 heavy (non-hydrogen) atoms. The number of nitroso groups, excluding NO2 is 2. The molecule has 3 heterocycles. The van der Waals surface area contributed by atoms with Gasteiger partial charge in [0.05, 0.1) is 27.8 Å². The van der Waals surface area contributed by atoms with E-state index in [9.17, 15) is 15.1 Å². The molecule has 1 fully saturated rings. The number of nitrogens with one attached hydrogen (secondary N) is 1. The van der Waals surface area contributed by atoms with E-state index in [2.05, 4.69) is 76.5 Å². The fourth-order valence-corrected chi connectivity index (χ4v) is 7.51. The van der Waals surface area contributed by atoms with Gasteiger partial charge in [0.2, 0.25) is 0 Å². The minimum atomic E-state index is -0.958. The van der Waals surface area contributed by atoms with Gasteiger partial charge in [0.1, 0.15) is 43.9 Å². The van der Waals surface area contributed by atoms with E-state index < -0.39 is 5.54 Å². The van der Waals surface area contributed by atoms with E-state index >= 15 is 0 Å². The molecule has 6 rings (SSSR count). The molecule has 0 aliphatic carbocycles. The molecule has 1 aliphatic heterocycles. The molecule has 0 bridgehead atoms. The van der Waals surface area contributed by atoms with Crippen LogP contribution in [0.3, 0.4) is 0 Å². The maximum Gasteiger partial charge on any atom is 0.142 e. The number of benzene rings is 3. The molecule has 0 atom stereocenters. The van der Waals surface area contributed by atoms with Crippen LogP contribution in [0.2, 0.25) is 5.02 Å². The van der Waals surface area contributed by atoms with Gasteiger partial charge in [-0.15, -0.1) is 0 Å². The number of fused-ring (bicyclic) bond motifs is 1. The number of halogens is 2. The summed E-state index contributed by atoms with van der Waals surface area (Å²) in [6.07, 6.45) is 9.94. The normalized spacial score (nSPS) is 13.2. The SMILES string of the molecule is CC(CN=O)(CN=O)NCc1cc(Cl)c(OCc2cccc(-c3cccc4c3cnn4CCCCN3CCCC3)c2Br)cc1OCc1cncc(C#N)c1. The van der Waals surface area contributed by atoms with Crippen molar-refractivity contribution < 1.29 is 9.47 Å². The summed E-state index contributed by atoms with van der Waals surface area (Å²) in [4.78, 5) is 28.9. The minimum absolute atomic E-state index is 0.119. The number of rotatable bonds is 19. The van der Waals surface area contributed by atoms with Crippen molar-refractivity contribution in [3.8, 4) is 28.7 Å². The van der Waals surface area contributed by atoms with Gasteiger partial charge < -0.3 is 19.7 Å². The Morgan fingerprint density at radius 3 is 2.44 bits per heavy atom. The summed E-state index contributed by atoms with van der Waals surface area (Å²) in [5.74, 6) is 0.855. The Morgan fingerprint density at radius 2 is 1.67 bits per heavy atom. The third-order valence-electron chi connectivity index (χ3n) is 9.70. The van der Waals surface area contributed by atoms with Crippen LogP contribution in [0, 0.1) is 21.1 Å². The van der Waals surface area contributed by atoms with Crippen molar-refractivity contribution in [1.82, 2.24) is 25.0 Å². The lowest BCUT2D eigenvalue weighted by atomic mass is 10.00. The monoisotopic (exact) mass is 812 g/mol. The number of nitriles is 1. The summed E-state index contributed by atoms with van der Waals surface area (Å²) in [7, 11) is 0. The lowest BCUT2D eigenvalue weighted by Crippen LogP contribution is -2.47. The Balaban J connectivity index is 1.20. The van der Waals surface area contributed by atoms with Gasteiger partial charge in [-0.25, -0.2) is 0 Å². The Kier molecular flexibility index (Phi) is 13.4. The van der Waals surface area contributed by atoms with Crippen LogP contribution in [0.15, 0.2) is 88.0 Å². The third-order valence-corrected chi connectivity index (χ3v) is 10.9. The predicted octanol–water partition coefficient (Wildman–Crippen LogP) is 8.80. The second kappa shape index (κ2) is 18.5. The van der Waals surface area contributed by atoms with Crippen LogP contribution >= 0.6 is 27.5 Å². The maximum absolute atomic E-state index is 11.1. The first-order valence-electron chi connectivity index (χ1n) is 18.0. The van der Waals surface area contributed by atoms with Crippen LogP contribution < -0.4 is 14.8 Å². The van der Waals surface area contributed by atoms with Gasteiger partial charge in [0.25, 0.3) is 0 Å². The molecular formula is C40H42BrClN8O4. The highest BCUT2D eigenvalue weighted by atomic mass is 79.9. The number of hydrogen-bond donors (Lipinski definition) is 1. The summed E-state index contributed by atoms with van der Waals surface area (Å²) >= 11 is 10.7. The number of likely N-dealkylation sites (tertiary alicyclic amines) is 1. The van der Waals surface area contributed by atoms with E-state index in [1.165, 1.54) is 32.1 Å². The molecule has 14 heteroatoms. The molecule has 2 aromatic heterocycles. The lowest BCUT2D eigenvalue weighted by Gasteiger charge is -2.26. The van der Waals surface area contributed by atoms with Crippen LogP contribution in [0.4, 0.5) is 0 Å². The molecule has 3 aromatic carbocycles. The summed E-state index contributed by atoms with van der Waals surface area (Å²) in [6, 6.07) is 19.6. The Labute approximate surface area is 327 Å². The van der Waals surface area contributed by atoms with Crippen LogP contribution in [0.5, 0.6) is 11.5 Å². The Morgan fingerprint density at radius 1 is 0.926 bits per heavy atom. The molecule has 5 aromatic rings. The van der Waals surface area contributed by atoms with Crippen molar-refractivity contribution in [2.45, 2.75) is 64.4 Å². The van der Waals surface area contributed by atoms with Crippen LogP contribution in [-0.2, 0) is 26.3 Å². The van der Waals surface area contributed by atoms with E-state index in [-0.39, 0.29) is 32.8 Å². The zero-order valence-corrected chi connectivity index (χ0v) is 32.5. The van der Waals surface area contributed by atoms with Gasteiger partial charge in [-0.05, 0) is 97.5 Å². The molecule has 0 unspecified atom stereocenters. The van der Waals surface area contributed by atoms with Gasteiger partial charge >= 0.3 is 0 Å². The number of aromatic nitrogens is 3. The largest absolute Gasteiger partial charge is 0.488 e. The van der Waals surface area contributed by atoms with E-state index in [0.29, 0.717) is 33.2 Å². The van der Waals surface area contributed by atoms with Crippen molar-refractivity contribution in [1.29, 1.82) is 5.26 Å². The summed E-state index contributed by atoms with van der Waals surface area (Å²) in [5, 5.41) is 24.7. The lowest BCUT2D eigenvalue weighted by molar-refractivity contribution is 0.285. The minimum Gasteiger partial charge on any atom is -0.488 e.